The van der Waals surface area contributed by atoms with E-state index in [1.165, 1.54) is 0 Å². The van der Waals surface area contributed by atoms with Crippen LogP contribution in [0.5, 0.6) is 0 Å². The molecule has 16 heavy (non-hydrogen) atoms. The number of hydrogen-bond acceptors (Lipinski definition) is 3. The van der Waals surface area contributed by atoms with Crippen LogP contribution in [-0.4, -0.2) is 18.9 Å². The lowest BCUT2D eigenvalue weighted by molar-refractivity contribution is 0.0919. The molecule has 1 heterocycles. The number of carbonyl (C=O) groups excluding carboxylic acids is 1. The van der Waals surface area contributed by atoms with E-state index in [1.807, 2.05) is 31.2 Å². The predicted molar refractivity (Wildman–Crippen MR) is 63.7 cm³/mol. The molecule has 0 spiro atoms. The van der Waals surface area contributed by atoms with Crippen LogP contribution in [0.15, 0.2) is 34.7 Å². The zero-order valence-electron chi connectivity index (χ0n) is 9.49. The zero-order valence-corrected chi connectivity index (χ0v) is 9.49. The van der Waals surface area contributed by atoms with Gasteiger partial charge in [-0.05, 0) is 25.6 Å². The lowest BCUT2D eigenvalue weighted by Gasteiger charge is -2.09. The van der Waals surface area contributed by atoms with E-state index in [0.717, 1.165) is 17.4 Å². The number of likely N-dealkylation sites (N-methyl/N-ethyl adjacent to an activating group) is 1. The topological polar surface area (TPSA) is 42.2 Å². The van der Waals surface area contributed by atoms with Crippen LogP contribution in [0, 0.1) is 0 Å². The van der Waals surface area contributed by atoms with Crippen molar-refractivity contribution in [3.8, 4) is 0 Å². The van der Waals surface area contributed by atoms with Crippen LogP contribution in [-0.2, 0) is 0 Å². The smallest absolute Gasteiger partial charge is 0.214 e. The third kappa shape index (κ3) is 1.86. The molecule has 0 saturated carbocycles. The third-order valence-corrected chi connectivity index (χ3v) is 2.74. The summed E-state index contributed by atoms with van der Waals surface area (Å²) >= 11 is 0. The van der Waals surface area contributed by atoms with Gasteiger partial charge in [-0.25, -0.2) is 0 Å². The van der Waals surface area contributed by atoms with Crippen molar-refractivity contribution < 1.29 is 9.21 Å². The van der Waals surface area contributed by atoms with Gasteiger partial charge in [0.15, 0.2) is 5.76 Å². The molecule has 1 aromatic heterocycles. The highest BCUT2D eigenvalue weighted by Crippen LogP contribution is 2.20. The number of para-hydroxylation sites is 1. The van der Waals surface area contributed by atoms with E-state index >= 15 is 0 Å². The van der Waals surface area contributed by atoms with E-state index in [-0.39, 0.29) is 11.8 Å². The molecule has 1 N–H and O–H groups in total. The van der Waals surface area contributed by atoms with Crippen molar-refractivity contribution in [2.45, 2.75) is 19.4 Å². The summed E-state index contributed by atoms with van der Waals surface area (Å²) < 4.78 is 5.52. The van der Waals surface area contributed by atoms with Gasteiger partial charge in [-0.3, -0.25) is 4.79 Å². The molecule has 84 valence electrons. The number of hydrogen-bond donors (Lipinski definition) is 1. The van der Waals surface area contributed by atoms with Gasteiger partial charge in [0, 0.05) is 5.39 Å². The molecule has 0 aliphatic rings. The minimum Gasteiger partial charge on any atom is -0.453 e. The first-order valence-corrected chi connectivity index (χ1v) is 5.46. The Kier molecular flexibility index (Phi) is 3.06. The quantitative estimate of drug-likeness (QED) is 0.800. The fourth-order valence-electron chi connectivity index (χ4n) is 1.80. The van der Waals surface area contributed by atoms with Crippen molar-refractivity contribution in [2.24, 2.45) is 0 Å². The van der Waals surface area contributed by atoms with Crippen LogP contribution in [0.3, 0.4) is 0 Å². The second kappa shape index (κ2) is 4.49. The maximum atomic E-state index is 12.0. The molecule has 0 radical (unpaired) electrons. The summed E-state index contributed by atoms with van der Waals surface area (Å²) in [6.07, 6.45) is 0.756. The number of carbonyl (C=O) groups is 1. The zero-order chi connectivity index (χ0) is 11.5. The van der Waals surface area contributed by atoms with Crippen molar-refractivity contribution >= 4 is 16.8 Å². The second-order valence-corrected chi connectivity index (χ2v) is 3.76. The largest absolute Gasteiger partial charge is 0.453 e. The number of furan rings is 1. The lowest BCUT2D eigenvalue weighted by Crippen LogP contribution is -2.32. The first-order chi connectivity index (χ1) is 7.76. The van der Waals surface area contributed by atoms with Gasteiger partial charge in [0.05, 0.1) is 6.04 Å². The van der Waals surface area contributed by atoms with Crippen molar-refractivity contribution in [3.05, 3.63) is 36.1 Å². The molecule has 1 aromatic carbocycles. The Hall–Kier alpha value is -1.61. The number of fused-ring (bicyclic) bond motifs is 1. The molecular formula is C13H15NO2. The van der Waals surface area contributed by atoms with Gasteiger partial charge in [-0.2, -0.15) is 0 Å². The standard InChI is InChI=1S/C13H15NO2/c1-3-10(14-2)13(15)12-8-9-6-4-5-7-11(9)16-12/h4-8,10,14H,3H2,1-2H3. The molecule has 2 aromatic rings. The van der Waals surface area contributed by atoms with Crippen LogP contribution in [0.4, 0.5) is 0 Å². The van der Waals surface area contributed by atoms with E-state index in [1.54, 1.807) is 13.1 Å². The van der Waals surface area contributed by atoms with E-state index < -0.39 is 0 Å². The molecule has 1 atom stereocenters. The van der Waals surface area contributed by atoms with E-state index in [9.17, 15) is 4.79 Å². The van der Waals surface area contributed by atoms with E-state index in [0.29, 0.717) is 5.76 Å². The Morgan fingerprint density at radius 2 is 2.19 bits per heavy atom. The average Bonchev–Trinajstić information content (AvgIpc) is 2.74. The van der Waals surface area contributed by atoms with Crippen LogP contribution in [0.25, 0.3) is 11.0 Å². The van der Waals surface area contributed by atoms with Crippen molar-refractivity contribution in [2.75, 3.05) is 7.05 Å². The molecule has 0 aliphatic carbocycles. The Balaban J connectivity index is 2.36. The molecule has 3 nitrogen and oxygen atoms in total. The molecule has 0 amide bonds. The number of ketones is 1. The summed E-state index contributed by atoms with van der Waals surface area (Å²) in [6.45, 7) is 1.97. The van der Waals surface area contributed by atoms with Gasteiger partial charge in [0.25, 0.3) is 0 Å². The summed E-state index contributed by atoms with van der Waals surface area (Å²) in [4.78, 5) is 12.0. The maximum Gasteiger partial charge on any atom is 0.214 e. The number of benzene rings is 1. The summed E-state index contributed by atoms with van der Waals surface area (Å²) in [5, 5.41) is 3.95. The van der Waals surface area contributed by atoms with Crippen molar-refractivity contribution in [1.82, 2.24) is 5.32 Å². The van der Waals surface area contributed by atoms with Gasteiger partial charge in [-0.15, -0.1) is 0 Å². The van der Waals surface area contributed by atoms with Crippen LogP contribution >= 0.6 is 0 Å². The van der Waals surface area contributed by atoms with Crippen molar-refractivity contribution in [3.63, 3.8) is 0 Å². The summed E-state index contributed by atoms with van der Waals surface area (Å²) in [6, 6.07) is 9.28. The highest BCUT2D eigenvalue weighted by Gasteiger charge is 2.19. The van der Waals surface area contributed by atoms with E-state index in [4.69, 9.17) is 4.42 Å². The van der Waals surface area contributed by atoms with Crippen LogP contribution < -0.4 is 5.32 Å². The first kappa shape index (κ1) is 10.9. The second-order valence-electron chi connectivity index (χ2n) is 3.76. The molecule has 0 aliphatic heterocycles. The highest BCUT2D eigenvalue weighted by atomic mass is 16.3. The summed E-state index contributed by atoms with van der Waals surface area (Å²) in [5.74, 6) is 0.448. The summed E-state index contributed by atoms with van der Waals surface area (Å²) in [7, 11) is 1.79. The minimum absolute atomic E-state index is 0.0150. The van der Waals surface area contributed by atoms with Gasteiger partial charge >= 0.3 is 0 Å². The monoisotopic (exact) mass is 217 g/mol. The molecule has 1 unspecified atom stereocenters. The normalized spacial score (nSPS) is 12.9. The highest BCUT2D eigenvalue weighted by molar-refractivity contribution is 6.00. The van der Waals surface area contributed by atoms with Gasteiger partial charge in [0.1, 0.15) is 5.58 Å². The van der Waals surface area contributed by atoms with E-state index in [2.05, 4.69) is 5.32 Å². The van der Waals surface area contributed by atoms with Gasteiger partial charge in [-0.1, -0.05) is 25.1 Å². The van der Waals surface area contributed by atoms with Crippen molar-refractivity contribution in [1.29, 1.82) is 0 Å². The molecule has 0 fully saturated rings. The number of nitrogens with one attached hydrogen (secondary N) is 1. The molecular weight excluding hydrogens is 202 g/mol. The Morgan fingerprint density at radius 3 is 2.81 bits per heavy atom. The third-order valence-electron chi connectivity index (χ3n) is 2.74. The average molecular weight is 217 g/mol. The minimum atomic E-state index is -0.166. The number of rotatable bonds is 4. The Bertz CT molecular complexity index is 464. The lowest BCUT2D eigenvalue weighted by atomic mass is 10.1. The SMILES string of the molecule is CCC(NC)C(=O)c1cc2ccccc2o1. The molecule has 0 bridgehead atoms. The Morgan fingerprint density at radius 1 is 1.44 bits per heavy atom. The molecule has 0 saturated heterocycles. The van der Waals surface area contributed by atoms with Gasteiger partial charge < -0.3 is 9.73 Å². The van der Waals surface area contributed by atoms with Crippen LogP contribution in [0.1, 0.15) is 23.9 Å². The fraction of sp³-hybridized carbons (Fsp3) is 0.308. The fourth-order valence-corrected chi connectivity index (χ4v) is 1.80. The van der Waals surface area contributed by atoms with Crippen LogP contribution in [0.2, 0.25) is 0 Å². The maximum absolute atomic E-state index is 12.0. The first-order valence-electron chi connectivity index (χ1n) is 5.46. The molecule has 3 heteroatoms. The predicted octanol–water partition coefficient (Wildman–Crippen LogP) is 2.61. The molecule has 2 rings (SSSR count). The van der Waals surface area contributed by atoms with Gasteiger partial charge in [0.2, 0.25) is 5.78 Å². The Labute approximate surface area is 94.4 Å². The summed E-state index contributed by atoms with van der Waals surface area (Å²) in [5.41, 5.74) is 0.761. The number of Topliss-reactive ketones (excluding diaryl/α,β-unsaturated/α-hetero) is 1.